The zero-order valence-electron chi connectivity index (χ0n) is 11.1. The van der Waals surface area contributed by atoms with Gasteiger partial charge in [0, 0.05) is 6.54 Å². The second kappa shape index (κ2) is 7.56. The highest BCUT2D eigenvalue weighted by Gasteiger charge is 2.04. The molecule has 3 N–H and O–H groups in total. The highest BCUT2D eigenvalue weighted by atomic mass is 19.3. The molecule has 1 rings (SSSR count). The van der Waals surface area contributed by atoms with Gasteiger partial charge < -0.3 is 15.8 Å². The normalized spacial score (nSPS) is 12.0. The predicted octanol–water partition coefficient (Wildman–Crippen LogP) is 2.35. The van der Waals surface area contributed by atoms with Crippen molar-refractivity contribution >= 4 is 5.96 Å². The van der Waals surface area contributed by atoms with Gasteiger partial charge in [-0.1, -0.05) is 26.0 Å². The van der Waals surface area contributed by atoms with Gasteiger partial charge in [-0.15, -0.1) is 0 Å². The van der Waals surface area contributed by atoms with E-state index in [4.69, 9.17) is 5.73 Å². The fraction of sp³-hybridized carbons (Fsp3) is 0.462. The lowest BCUT2D eigenvalue weighted by Gasteiger charge is -2.08. The van der Waals surface area contributed by atoms with Crippen LogP contribution in [0.5, 0.6) is 5.75 Å². The number of halogens is 2. The molecule has 0 atom stereocenters. The van der Waals surface area contributed by atoms with Crippen LogP contribution in [0.15, 0.2) is 29.3 Å². The molecule has 1 aromatic rings. The van der Waals surface area contributed by atoms with Crippen LogP contribution < -0.4 is 15.8 Å². The van der Waals surface area contributed by atoms with Gasteiger partial charge in [0.25, 0.3) is 0 Å². The van der Waals surface area contributed by atoms with Crippen LogP contribution in [0.2, 0.25) is 0 Å². The van der Waals surface area contributed by atoms with Crippen molar-refractivity contribution in [2.24, 2.45) is 16.6 Å². The van der Waals surface area contributed by atoms with Crippen LogP contribution in [-0.2, 0) is 6.54 Å². The Labute approximate surface area is 111 Å². The maximum absolute atomic E-state index is 12.1. The Bertz CT molecular complexity index is 422. The van der Waals surface area contributed by atoms with Gasteiger partial charge in [-0.05, 0) is 23.6 Å². The highest BCUT2D eigenvalue weighted by Crippen LogP contribution is 2.16. The summed E-state index contributed by atoms with van der Waals surface area (Å²) in [6.45, 7) is 2.36. The number of benzene rings is 1. The molecule has 1 aromatic carbocycles. The molecule has 19 heavy (non-hydrogen) atoms. The number of ether oxygens (including phenoxy) is 1. The van der Waals surface area contributed by atoms with E-state index in [1.54, 1.807) is 12.1 Å². The highest BCUT2D eigenvalue weighted by molar-refractivity contribution is 5.77. The molecule has 0 aliphatic heterocycles. The standard InChI is InChI=1S/C13H19F2N3O/c1-9(2)7-17-13(16)18-8-10-4-3-5-11(6-10)19-12(14)15/h3-6,9,12H,7-8H2,1-2H3,(H3,16,17,18). The smallest absolute Gasteiger partial charge is 0.387 e. The zero-order valence-corrected chi connectivity index (χ0v) is 11.1. The summed E-state index contributed by atoms with van der Waals surface area (Å²) >= 11 is 0. The largest absolute Gasteiger partial charge is 0.435 e. The Morgan fingerprint density at radius 1 is 1.42 bits per heavy atom. The van der Waals surface area contributed by atoms with Crippen LogP contribution in [0.25, 0.3) is 0 Å². The fourth-order valence-corrected chi connectivity index (χ4v) is 1.36. The van der Waals surface area contributed by atoms with E-state index in [2.05, 4.69) is 28.9 Å². The summed E-state index contributed by atoms with van der Waals surface area (Å²) in [5, 5.41) is 2.98. The van der Waals surface area contributed by atoms with E-state index >= 15 is 0 Å². The first kappa shape index (κ1) is 15.2. The van der Waals surface area contributed by atoms with Crippen molar-refractivity contribution in [2.45, 2.75) is 27.0 Å². The van der Waals surface area contributed by atoms with Crippen molar-refractivity contribution in [1.82, 2.24) is 5.32 Å². The van der Waals surface area contributed by atoms with Gasteiger partial charge in [0.2, 0.25) is 0 Å². The molecule has 0 saturated carbocycles. The maximum atomic E-state index is 12.1. The average molecular weight is 271 g/mol. The average Bonchev–Trinajstić information content (AvgIpc) is 2.33. The molecule has 0 heterocycles. The second-order valence-corrected chi connectivity index (χ2v) is 4.50. The van der Waals surface area contributed by atoms with E-state index in [-0.39, 0.29) is 5.75 Å². The van der Waals surface area contributed by atoms with Gasteiger partial charge in [0.05, 0.1) is 6.54 Å². The van der Waals surface area contributed by atoms with Crippen LogP contribution in [0.3, 0.4) is 0 Å². The second-order valence-electron chi connectivity index (χ2n) is 4.50. The van der Waals surface area contributed by atoms with Crippen LogP contribution in [0.1, 0.15) is 19.4 Å². The Hall–Kier alpha value is -1.85. The van der Waals surface area contributed by atoms with Crippen LogP contribution in [-0.4, -0.2) is 19.1 Å². The third-order valence-electron chi connectivity index (χ3n) is 2.25. The molecule has 0 bridgehead atoms. The van der Waals surface area contributed by atoms with E-state index in [9.17, 15) is 8.78 Å². The van der Waals surface area contributed by atoms with Gasteiger partial charge in [0.1, 0.15) is 5.75 Å². The van der Waals surface area contributed by atoms with Crippen molar-refractivity contribution in [1.29, 1.82) is 0 Å². The third-order valence-corrected chi connectivity index (χ3v) is 2.25. The van der Waals surface area contributed by atoms with Gasteiger partial charge in [0.15, 0.2) is 5.96 Å². The maximum Gasteiger partial charge on any atom is 0.387 e. The summed E-state index contributed by atoms with van der Waals surface area (Å²) in [5.74, 6) is 0.932. The SMILES string of the molecule is CC(C)CNC(N)=NCc1cccc(OC(F)F)c1. The van der Waals surface area contributed by atoms with E-state index in [0.29, 0.717) is 18.4 Å². The third kappa shape index (κ3) is 6.59. The lowest BCUT2D eigenvalue weighted by molar-refractivity contribution is -0.0498. The summed E-state index contributed by atoms with van der Waals surface area (Å²) in [6.07, 6.45) is 0. The molecule has 0 spiro atoms. The summed E-state index contributed by atoms with van der Waals surface area (Å²) in [6, 6.07) is 6.41. The first-order valence-corrected chi connectivity index (χ1v) is 6.05. The summed E-state index contributed by atoms with van der Waals surface area (Å²) in [5.41, 5.74) is 6.43. The van der Waals surface area contributed by atoms with Crippen molar-refractivity contribution in [3.63, 3.8) is 0 Å². The number of aliphatic imine (C=N–C) groups is 1. The molecule has 0 unspecified atom stereocenters. The van der Waals surface area contributed by atoms with Crippen LogP contribution in [0.4, 0.5) is 8.78 Å². The number of nitrogens with zero attached hydrogens (tertiary/aromatic N) is 1. The lowest BCUT2D eigenvalue weighted by atomic mass is 10.2. The Kier molecular flexibility index (Phi) is 6.05. The van der Waals surface area contributed by atoms with E-state index < -0.39 is 6.61 Å². The Morgan fingerprint density at radius 2 is 2.16 bits per heavy atom. The van der Waals surface area contributed by atoms with Crippen molar-refractivity contribution in [2.75, 3.05) is 6.54 Å². The minimum Gasteiger partial charge on any atom is -0.435 e. The van der Waals surface area contributed by atoms with E-state index in [0.717, 1.165) is 12.1 Å². The minimum absolute atomic E-state index is 0.122. The fourth-order valence-electron chi connectivity index (χ4n) is 1.36. The van der Waals surface area contributed by atoms with Crippen molar-refractivity contribution < 1.29 is 13.5 Å². The summed E-state index contributed by atoms with van der Waals surface area (Å²) < 4.78 is 28.4. The quantitative estimate of drug-likeness (QED) is 0.616. The number of alkyl halides is 2. The van der Waals surface area contributed by atoms with Gasteiger partial charge >= 0.3 is 6.61 Å². The Balaban J connectivity index is 2.54. The van der Waals surface area contributed by atoms with Crippen molar-refractivity contribution in [3.05, 3.63) is 29.8 Å². The molecule has 4 nitrogen and oxygen atoms in total. The number of hydrogen-bond acceptors (Lipinski definition) is 2. The summed E-state index contributed by atoms with van der Waals surface area (Å²) in [7, 11) is 0. The molecule has 0 fully saturated rings. The number of guanidine groups is 1. The number of nitrogens with one attached hydrogen (secondary N) is 1. The molecule has 0 saturated heterocycles. The van der Waals surface area contributed by atoms with Gasteiger partial charge in [-0.3, -0.25) is 0 Å². The monoisotopic (exact) mass is 271 g/mol. The molecule has 0 aliphatic rings. The van der Waals surface area contributed by atoms with E-state index in [1.165, 1.54) is 12.1 Å². The Morgan fingerprint density at radius 3 is 2.79 bits per heavy atom. The number of nitrogens with two attached hydrogens (primary N) is 1. The molecular weight excluding hydrogens is 252 g/mol. The van der Waals surface area contributed by atoms with Gasteiger partial charge in [-0.25, -0.2) is 4.99 Å². The zero-order chi connectivity index (χ0) is 14.3. The number of rotatable bonds is 6. The predicted molar refractivity (Wildman–Crippen MR) is 71.2 cm³/mol. The molecule has 0 radical (unpaired) electrons. The first-order chi connectivity index (χ1) is 8.97. The molecule has 0 amide bonds. The van der Waals surface area contributed by atoms with Crippen molar-refractivity contribution in [3.8, 4) is 5.75 Å². The molecular formula is C13H19F2N3O. The molecule has 6 heteroatoms. The van der Waals surface area contributed by atoms with Crippen LogP contribution >= 0.6 is 0 Å². The first-order valence-electron chi connectivity index (χ1n) is 6.05. The van der Waals surface area contributed by atoms with Gasteiger partial charge in [-0.2, -0.15) is 8.78 Å². The molecule has 106 valence electrons. The lowest BCUT2D eigenvalue weighted by Crippen LogP contribution is -2.34. The summed E-state index contributed by atoms with van der Waals surface area (Å²) in [4.78, 5) is 4.13. The van der Waals surface area contributed by atoms with Crippen LogP contribution in [0, 0.1) is 5.92 Å². The minimum atomic E-state index is -2.82. The van der Waals surface area contributed by atoms with E-state index in [1.807, 2.05) is 0 Å². The molecule has 0 aliphatic carbocycles. The molecule has 0 aromatic heterocycles. The number of hydrogen-bond donors (Lipinski definition) is 2. The topological polar surface area (TPSA) is 59.6 Å².